The molecule has 2 unspecified atom stereocenters. The summed E-state index contributed by atoms with van der Waals surface area (Å²) in [5.41, 5.74) is 9.54. The average Bonchev–Trinajstić information content (AvgIpc) is 2.51. The zero-order chi connectivity index (χ0) is 9.60. The van der Waals surface area contributed by atoms with Crippen molar-refractivity contribution < 1.29 is 0 Å². The van der Waals surface area contributed by atoms with Crippen molar-refractivity contribution in [2.24, 2.45) is 11.7 Å². The Labute approximate surface area is 85.3 Å². The maximum absolute atomic E-state index is 6.58. The lowest BCUT2D eigenvalue weighted by molar-refractivity contribution is 0.212. The minimum absolute atomic E-state index is 0.0227. The summed E-state index contributed by atoms with van der Waals surface area (Å²) in [7, 11) is 0. The predicted molar refractivity (Wildman–Crippen MR) is 58.0 cm³/mol. The Bertz CT molecular complexity index is 358. The van der Waals surface area contributed by atoms with Crippen molar-refractivity contribution in [3.8, 4) is 0 Å². The van der Waals surface area contributed by atoms with Crippen molar-refractivity contribution in [1.82, 2.24) is 0 Å². The average molecular weight is 187 g/mol. The van der Waals surface area contributed by atoms with E-state index in [9.17, 15) is 0 Å². The topological polar surface area (TPSA) is 26.0 Å². The summed E-state index contributed by atoms with van der Waals surface area (Å²) in [5.74, 6) is 0.716. The van der Waals surface area contributed by atoms with Crippen LogP contribution in [0, 0.1) is 5.92 Å². The van der Waals surface area contributed by atoms with Crippen LogP contribution in [-0.4, -0.2) is 0 Å². The maximum atomic E-state index is 6.58. The molecule has 2 aliphatic carbocycles. The predicted octanol–water partition coefficient (Wildman–Crippen LogP) is 2.59. The van der Waals surface area contributed by atoms with Crippen LogP contribution in [0.1, 0.15) is 36.8 Å². The number of nitrogens with two attached hydrogens (primary N) is 1. The molecule has 1 aromatic rings. The van der Waals surface area contributed by atoms with Gasteiger partial charge < -0.3 is 5.73 Å². The third-order valence-electron chi connectivity index (χ3n) is 4.11. The first-order chi connectivity index (χ1) is 6.81. The Morgan fingerprint density at radius 3 is 3.00 bits per heavy atom. The third-order valence-corrected chi connectivity index (χ3v) is 4.11. The van der Waals surface area contributed by atoms with Crippen LogP contribution in [0.5, 0.6) is 0 Å². The second-order valence-electron chi connectivity index (χ2n) is 4.84. The van der Waals surface area contributed by atoms with Crippen LogP contribution < -0.4 is 5.73 Å². The van der Waals surface area contributed by atoms with Crippen molar-refractivity contribution in [2.75, 3.05) is 0 Å². The summed E-state index contributed by atoms with van der Waals surface area (Å²) < 4.78 is 0. The van der Waals surface area contributed by atoms with Crippen LogP contribution >= 0.6 is 0 Å². The molecule has 0 aliphatic heterocycles. The van der Waals surface area contributed by atoms with Gasteiger partial charge in [0.25, 0.3) is 0 Å². The molecule has 74 valence electrons. The van der Waals surface area contributed by atoms with E-state index >= 15 is 0 Å². The smallest absolute Gasteiger partial charge is 0.0444 e. The number of fused-ring (bicyclic) bond motifs is 3. The van der Waals surface area contributed by atoms with Crippen molar-refractivity contribution in [1.29, 1.82) is 0 Å². The number of benzene rings is 1. The standard InChI is InChI=1S/C13H17N/c14-13-8-4-3-6-11(13)9-10-5-1-2-7-12(10)13/h1-2,5,7,11H,3-4,6,8-9,14H2. The van der Waals surface area contributed by atoms with Crippen molar-refractivity contribution in [3.63, 3.8) is 0 Å². The fraction of sp³-hybridized carbons (Fsp3) is 0.538. The van der Waals surface area contributed by atoms with Crippen LogP contribution in [0.15, 0.2) is 24.3 Å². The van der Waals surface area contributed by atoms with Crippen LogP contribution in [0.2, 0.25) is 0 Å². The summed E-state index contributed by atoms with van der Waals surface area (Å²) in [6.07, 6.45) is 6.41. The first kappa shape index (κ1) is 8.49. The summed E-state index contributed by atoms with van der Waals surface area (Å²) in [5, 5.41) is 0. The van der Waals surface area contributed by atoms with Crippen LogP contribution in [0.25, 0.3) is 0 Å². The fourth-order valence-corrected chi connectivity index (χ4v) is 3.33. The first-order valence-electron chi connectivity index (χ1n) is 5.68. The van der Waals surface area contributed by atoms with E-state index in [1.54, 1.807) is 0 Å². The molecule has 2 N–H and O–H groups in total. The minimum Gasteiger partial charge on any atom is -0.321 e. The number of hydrogen-bond acceptors (Lipinski definition) is 1. The van der Waals surface area contributed by atoms with Gasteiger partial charge in [0, 0.05) is 5.54 Å². The lowest BCUT2D eigenvalue weighted by atomic mass is 9.73. The molecule has 0 spiro atoms. The zero-order valence-corrected chi connectivity index (χ0v) is 8.50. The van der Waals surface area contributed by atoms with E-state index in [1.807, 2.05) is 0 Å². The highest BCUT2D eigenvalue weighted by Gasteiger charge is 2.44. The lowest BCUT2D eigenvalue weighted by Crippen LogP contribution is -2.43. The van der Waals surface area contributed by atoms with E-state index < -0.39 is 0 Å². The van der Waals surface area contributed by atoms with Gasteiger partial charge in [-0.2, -0.15) is 0 Å². The molecule has 1 saturated carbocycles. The minimum atomic E-state index is 0.0227. The number of hydrogen-bond donors (Lipinski definition) is 1. The van der Waals surface area contributed by atoms with Crippen molar-refractivity contribution in [2.45, 2.75) is 37.6 Å². The number of rotatable bonds is 0. The van der Waals surface area contributed by atoms with Crippen molar-refractivity contribution in [3.05, 3.63) is 35.4 Å². The molecule has 0 saturated heterocycles. The monoisotopic (exact) mass is 187 g/mol. The third kappa shape index (κ3) is 0.992. The van der Waals surface area contributed by atoms with Gasteiger partial charge in [-0.1, -0.05) is 37.1 Å². The van der Waals surface area contributed by atoms with E-state index in [0.29, 0.717) is 5.92 Å². The van der Waals surface area contributed by atoms with Crippen LogP contribution in [-0.2, 0) is 12.0 Å². The van der Waals surface area contributed by atoms with Crippen LogP contribution in [0.4, 0.5) is 0 Å². The van der Waals surface area contributed by atoms with E-state index in [1.165, 1.54) is 43.2 Å². The largest absolute Gasteiger partial charge is 0.321 e. The van der Waals surface area contributed by atoms with Gasteiger partial charge in [0.05, 0.1) is 0 Å². The van der Waals surface area contributed by atoms with Crippen LogP contribution in [0.3, 0.4) is 0 Å². The highest BCUT2D eigenvalue weighted by Crippen LogP contribution is 2.47. The zero-order valence-electron chi connectivity index (χ0n) is 8.50. The van der Waals surface area contributed by atoms with Gasteiger partial charge in [0.2, 0.25) is 0 Å². The Hall–Kier alpha value is -0.820. The molecule has 3 rings (SSSR count). The Morgan fingerprint density at radius 1 is 1.21 bits per heavy atom. The molecular weight excluding hydrogens is 170 g/mol. The lowest BCUT2D eigenvalue weighted by Gasteiger charge is -2.36. The normalized spacial score (nSPS) is 35.1. The molecule has 1 aromatic carbocycles. The molecule has 1 nitrogen and oxygen atoms in total. The maximum Gasteiger partial charge on any atom is 0.0444 e. The molecule has 0 heterocycles. The highest BCUT2D eigenvalue weighted by molar-refractivity contribution is 5.40. The summed E-state index contributed by atoms with van der Waals surface area (Å²) in [6, 6.07) is 8.76. The van der Waals surface area contributed by atoms with E-state index in [-0.39, 0.29) is 5.54 Å². The summed E-state index contributed by atoms with van der Waals surface area (Å²) in [4.78, 5) is 0. The second kappa shape index (κ2) is 2.83. The fourth-order valence-electron chi connectivity index (χ4n) is 3.33. The van der Waals surface area contributed by atoms with Gasteiger partial charge in [-0.25, -0.2) is 0 Å². The molecule has 2 atom stereocenters. The highest BCUT2D eigenvalue weighted by atomic mass is 14.8. The molecule has 0 aromatic heterocycles. The Morgan fingerprint density at radius 2 is 2.07 bits per heavy atom. The van der Waals surface area contributed by atoms with Gasteiger partial charge in [-0.05, 0) is 36.3 Å². The second-order valence-corrected chi connectivity index (χ2v) is 4.84. The van der Waals surface area contributed by atoms with Gasteiger partial charge >= 0.3 is 0 Å². The molecule has 0 amide bonds. The van der Waals surface area contributed by atoms with Gasteiger partial charge in [0.15, 0.2) is 0 Å². The molecule has 1 fully saturated rings. The quantitative estimate of drug-likeness (QED) is 0.663. The Balaban J connectivity index is 2.10. The van der Waals surface area contributed by atoms with Gasteiger partial charge in [-0.15, -0.1) is 0 Å². The van der Waals surface area contributed by atoms with E-state index in [0.717, 1.165) is 0 Å². The summed E-state index contributed by atoms with van der Waals surface area (Å²) >= 11 is 0. The van der Waals surface area contributed by atoms with Gasteiger partial charge in [0.1, 0.15) is 0 Å². The molecular formula is C13H17N. The SMILES string of the molecule is NC12CCCCC1Cc1ccccc12. The Kier molecular flexibility index (Phi) is 1.72. The first-order valence-corrected chi connectivity index (χ1v) is 5.68. The molecule has 14 heavy (non-hydrogen) atoms. The molecule has 0 radical (unpaired) electrons. The van der Waals surface area contributed by atoms with Gasteiger partial charge in [-0.3, -0.25) is 0 Å². The summed E-state index contributed by atoms with van der Waals surface area (Å²) in [6.45, 7) is 0. The van der Waals surface area contributed by atoms with E-state index in [4.69, 9.17) is 5.73 Å². The molecule has 2 aliphatic rings. The van der Waals surface area contributed by atoms with E-state index in [2.05, 4.69) is 24.3 Å². The molecule has 1 heteroatoms. The van der Waals surface area contributed by atoms with Crippen molar-refractivity contribution >= 4 is 0 Å². The molecule has 0 bridgehead atoms.